The molecule has 2 nitrogen and oxygen atoms in total. The molecule has 0 atom stereocenters. The molecule has 1 aromatic carbocycles. The maximum Gasteiger partial charge on any atom is 0.0991 e. The lowest BCUT2D eigenvalue weighted by atomic mass is 10.2. The van der Waals surface area contributed by atoms with Crippen molar-refractivity contribution in [3.8, 4) is 6.07 Å². The maximum absolute atomic E-state index is 8.50. The molecule has 1 rings (SSSR count). The lowest BCUT2D eigenvalue weighted by Crippen LogP contribution is -1.71. The third kappa shape index (κ3) is 2.06. The van der Waals surface area contributed by atoms with Crippen molar-refractivity contribution in [1.82, 2.24) is 0 Å². The van der Waals surface area contributed by atoms with E-state index in [2.05, 4.69) is 11.6 Å². The lowest BCUT2D eigenvalue weighted by Gasteiger charge is -1.90. The number of rotatable bonds is 2. The second-order valence-corrected chi connectivity index (χ2v) is 2.17. The van der Waals surface area contributed by atoms with E-state index in [1.807, 2.05) is 6.07 Å². The van der Waals surface area contributed by atoms with Crippen molar-refractivity contribution in [3.05, 3.63) is 42.5 Å². The molecule has 0 saturated heterocycles. The number of hydrogen-bond acceptors (Lipinski definition) is 2. The Kier molecular flexibility index (Phi) is 2.80. The minimum absolute atomic E-state index is 0.646. The molecule has 12 heavy (non-hydrogen) atoms. The summed E-state index contributed by atoms with van der Waals surface area (Å²) in [5, 5.41) is 8.50. The van der Waals surface area contributed by atoms with Crippen molar-refractivity contribution in [3.63, 3.8) is 0 Å². The van der Waals surface area contributed by atoms with Crippen LogP contribution in [0.4, 0.5) is 5.69 Å². The van der Waals surface area contributed by atoms with Gasteiger partial charge in [0.25, 0.3) is 0 Å². The van der Waals surface area contributed by atoms with Crippen molar-refractivity contribution in [1.29, 1.82) is 5.26 Å². The molecule has 0 N–H and O–H groups in total. The second kappa shape index (κ2) is 4.09. The summed E-state index contributed by atoms with van der Waals surface area (Å²) in [6, 6.07) is 9.08. The van der Waals surface area contributed by atoms with Crippen LogP contribution in [0.15, 0.2) is 41.9 Å². The quantitative estimate of drug-likeness (QED) is 0.606. The fraction of sp³-hybridized carbons (Fsp3) is 0. The van der Waals surface area contributed by atoms with E-state index in [0.29, 0.717) is 5.56 Å². The van der Waals surface area contributed by atoms with Crippen LogP contribution in [0.5, 0.6) is 0 Å². The first-order valence-electron chi connectivity index (χ1n) is 3.52. The normalized spacial score (nSPS) is 9.58. The van der Waals surface area contributed by atoms with Gasteiger partial charge in [-0.1, -0.05) is 12.7 Å². The summed E-state index contributed by atoms with van der Waals surface area (Å²) in [4.78, 5) is 4.05. The van der Waals surface area contributed by atoms with Crippen molar-refractivity contribution < 1.29 is 0 Å². The van der Waals surface area contributed by atoms with Gasteiger partial charge in [-0.25, -0.2) is 0 Å². The average molecular weight is 156 g/mol. The molecule has 0 radical (unpaired) electrons. The standard InChI is InChI=1S/C10H8N2/c1-2-7-12-10-5-3-9(8-11)4-6-10/h2-7H,1H2. The van der Waals surface area contributed by atoms with Gasteiger partial charge in [0.05, 0.1) is 17.3 Å². The van der Waals surface area contributed by atoms with E-state index in [0.717, 1.165) is 5.69 Å². The second-order valence-electron chi connectivity index (χ2n) is 2.17. The summed E-state index contributed by atoms with van der Waals surface area (Å²) in [6.07, 6.45) is 3.22. The zero-order valence-corrected chi connectivity index (χ0v) is 6.57. The molecule has 0 amide bonds. The van der Waals surface area contributed by atoms with E-state index < -0.39 is 0 Å². The number of benzene rings is 1. The molecule has 0 saturated carbocycles. The Morgan fingerprint density at radius 1 is 1.33 bits per heavy atom. The fourth-order valence-electron chi connectivity index (χ4n) is 0.761. The van der Waals surface area contributed by atoms with Crippen LogP contribution in [0.1, 0.15) is 5.56 Å². The first-order valence-corrected chi connectivity index (χ1v) is 3.52. The molecule has 0 spiro atoms. The van der Waals surface area contributed by atoms with Crippen molar-refractivity contribution in [2.75, 3.05) is 0 Å². The molecule has 0 aliphatic carbocycles. The molecular formula is C10H8N2. The van der Waals surface area contributed by atoms with Gasteiger partial charge in [-0.05, 0) is 24.3 Å². The first-order chi connectivity index (χ1) is 5.86. The molecule has 58 valence electrons. The Morgan fingerprint density at radius 3 is 2.50 bits per heavy atom. The highest BCUT2D eigenvalue weighted by Crippen LogP contribution is 2.11. The average Bonchev–Trinajstić information content (AvgIpc) is 2.15. The number of aliphatic imine (C=N–C) groups is 1. The van der Waals surface area contributed by atoms with E-state index in [4.69, 9.17) is 5.26 Å². The molecule has 0 aliphatic rings. The topological polar surface area (TPSA) is 36.1 Å². The number of nitrogens with zero attached hydrogens (tertiary/aromatic N) is 2. The van der Waals surface area contributed by atoms with E-state index >= 15 is 0 Å². The Hall–Kier alpha value is -1.88. The van der Waals surface area contributed by atoms with E-state index in [9.17, 15) is 0 Å². The van der Waals surface area contributed by atoms with Crippen LogP contribution in [-0.4, -0.2) is 6.21 Å². The molecule has 0 aromatic heterocycles. The van der Waals surface area contributed by atoms with Gasteiger partial charge in [0.2, 0.25) is 0 Å². The van der Waals surface area contributed by atoms with Crippen LogP contribution in [0.2, 0.25) is 0 Å². The van der Waals surface area contributed by atoms with Crippen LogP contribution in [-0.2, 0) is 0 Å². The Morgan fingerprint density at radius 2 is 2.00 bits per heavy atom. The molecule has 1 aromatic rings. The highest BCUT2D eigenvalue weighted by Gasteiger charge is 1.88. The maximum atomic E-state index is 8.50. The van der Waals surface area contributed by atoms with Crippen molar-refractivity contribution in [2.24, 2.45) is 4.99 Å². The summed E-state index contributed by atoms with van der Waals surface area (Å²) in [6.45, 7) is 3.51. The number of hydrogen-bond donors (Lipinski definition) is 0. The summed E-state index contributed by atoms with van der Waals surface area (Å²) >= 11 is 0. The molecule has 0 aliphatic heterocycles. The van der Waals surface area contributed by atoms with E-state index in [-0.39, 0.29) is 0 Å². The van der Waals surface area contributed by atoms with Gasteiger partial charge >= 0.3 is 0 Å². The van der Waals surface area contributed by atoms with E-state index in [1.54, 1.807) is 36.6 Å². The van der Waals surface area contributed by atoms with Crippen LogP contribution in [0.3, 0.4) is 0 Å². The highest BCUT2D eigenvalue weighted by atomic mass is 14.7. The van der Waals surface area contributed by atoms with Crippen LogP contribution < -0.4 is 0 Å². The Bertz CT molecular complexity index is 328. The van der Waals surface area contributed by atoms with Gasteiger partial charge in [0, 0.05) is 6.21 Å². The zero-order chi connectivity index (χ0) is 8.81. The molecule has 0 bridgehead atoms. The molecule has 0 fully saturated rings. The summed E-state index contributed by atoms with van der Waals surface area (Å²) in [5.74, 6) is 0. The minimum Gasteiger partial charge on any atom is -0.257 e. The van der Waals surface area contributed by atoms with Crippen LogP contribution in [0, 0.1) is 11.3 Å². The first kappa shape index (κ1) is 8.22. The van der Waals surface area contributed by atoms with E-state index in [1.165, 1.54) is 0 Å². The summed E-state index contributed by atoms with van der Waals surface area (Å²) in [7, 11) is 0. The fourth-order valence-corrected chi connectivity index (χ4v) is 0.761. The van der Waals surface area contributed by atoms with Gasteiger partial charge in [-0.3, -0.25) is 4.99 Å². The van der Waals surface area contributed by atoms with Gasteiger partial charge in [0.15, 0.2) is 0 Å². The molecule has 2 heteroatoms. The van der Waals surface area contributed by atoms with Crippen molar-refractivity contribution in [2.45, 2.75) is 0 Å². The van der Waals surface area contributed by atoms with Gasteiger partial charge < -0.3 is 0 Å². The zero-order valence-electron chi connectivity index (χ0n) is 6.57. The number of allylic oxidation sites excluding steroid dienone is 1. The highest BCUT2D eigenvalue weighted by molar-refractivity contribution is 5.73. The minimum atomic E-state index is 0.646. The summed E-state index contributed by atoms with van der Waals surface area (Å²) < 4.78 is 0. The predicted octanol–water partition coefficient (Wildman–Crippen LogP) is 2.45. The van der Waals surface area contributed by atoms with Gasteiger partial charge in [-0.15, -0.1) is 0 Å². The lowest BCUT2D eigenvalue weighted by molar-refractivity contribution is 1.47. The number of nitriles is 1. The van der Waals surface area contributed by atoms with Crippen LogP contribution >= 0.6 is 0 Å². The largest absolute Gasteiger partial charge is 0.257 e. The monoisotopic (exact) mass is 156 g/mol. The third-order valence-corrected chi connectivity index (χ3v) is 1.33. The summed E-state index contributed by atoms with van der Waals surface area (Å²) in [5.41, 5.74) is 1.47. The van der Waals surface area contributed by atoms with Gasteiger partial charge in [0.1, 0.15) is 0 Å². The molecular weight excluding hydrogens is 148 g/mol. The predicted molar refractivity (Wildman–Crippen MR) is 49.5 cm³/mol. The molecule has 0 unspecified atom stereocenters. The SMILES string of the molecule is C=CC=Nc1ccc(C#N)cc1. The van der Waals surface area contributed by atoms with Gasteiger partial charge in [-0.2, -0.15) is 5.26 Å². The Balaban J connectivity index is 2.86. The molecule has 0 heterocycles. The van der Waals surface area contributed by atoms with Crippen molar-refractivity contribution >= 4 is 11.9 Å². The smallest absolute Gasteiger partial charge is 0.0991 e. The van der Waals surface area contributed by atoms with Crippen LogP contribution in [0.25, 0.3) is 0 Å². The third-order valence-electron chi connectivity index (χ3n) is 1.33. The Labute approximate surface area is 71.5 Å².